The van der Waals surface area contributed by atoms with Crippen LogP contribution in [0.25, 0.3) is 0 Å². The van der Waals surface area contributed by atoms with Gasteiger partial charge < -0.3 is 19.9 Å². The van der Waals surface area contributed by atoms with Crippen molar-refractivity contribution < 1.29 is 19.2 Å². The summed E-state index contributed by atoms with van der Waals surface area (Å²) < 4.78 is 5.37. The molecule has 1 fully saturated rings. The van der Waals surface area contributed by atoms with E-state index in [-0.39, 0.29) is 11.8 Å². The smallest absolute Gasteiger partial charge is 0.279 e. The molecule has 3 rings (SSSR count). The number of nitrogens with zero attached hydrogens (tertiary/aromatic N) is 1. The zero-order valence-electron chi connectivity index (χ0n) is 17.9. The highest BCUT2D eigenvalue weighted by Crippen LogP contribution is 2.19. The molecule has 1 aliphatic heterocycles. The third-order valence-corrected chi connectivity index (χ3v) is 5.71. The number of piperazine rings is 1. The number of hydrogen-bond acceptors (Lipinski definition) is 3. The van der Waals surface area contributed by atoms with Crippen molar-refractivity contribution in [2.75, 3.05) is 45.2 Å². The largest absolute Gasteiger partial charge is 0.496 e. The summed E-state index contributed by atoms with van der Waals surface area (Å²) in [5, 5.41) is 3.04. The summed E-state index contributed by atoms with van der Waals surface area (Å²) in [5.74, 6) is 1.03. The molecule has 160 valence electrons. The lowest BCUT2D eigenvalue weighted by atomic mass is 10.1. The van der Waals surface area contributed by atoms with E-state index < -0.39 is 0 Å². The summed E-state index contributed by atoms with van der Waals surface area (Å²) in [6, 6.07) is 15.7. The van der Waals surface area contributed by atoms with Gasteiger partial charge >= 0.3 is 0 Å². The summed E-state index contributed by atoms with van der Waals surface area (Å²) >= 11 is 0. The van der Waals surface area contributed by atoms with E-state index in [9.17, 15) is 9.59 Å². The van der Waals surface area contributed by atoms with Crippen LogP contribution in [-0.2, 0) is 22.4 Å². The number of rotatable bonds is 8. The van der Waals surface area contributed by atoms with Crippen molar-refractivity contribution in [3.63, 3.8) is 0 Å². The molecular weight excluding hydrogens is 378 g/mol. The maximum Gasteiger partial charge on any atom is 0.279 e. The normalized spacial score (nSPS) is 14.4. The molecule has 2 N–H and O–H groups in total. The first-order chi connectivity index (χ1) is 14.6. The number of aryl methyl sites for hydroxylation is 2. The SMILES string of the molecule is CCc1ccccc1NC(=O)C[NH+]1CCN(C(=O)CCc2ccccc2OC)CC1. The first kappa shape index (κ1) is 21.8. The highest BCUT2D eigenvalue weighted by Gasteiger charge is 2.25. The number of quaternary nitrogens is 1. The van der Waals surface area contributed by atoms with E-state index in [2.05, 4.69) is 12.2 Å². The second kappa shape index (κ2) is 10.8. The molecule has 2 aromatic carbocycles. The molecule has 0 saturated carbocycles. The Kier molecular flexibility index (Phi) is 7.85. The van der Waals surface area contributed by atoms with E-state index in [0.717, 1.165) is 42.1 Å². The Morgan fingerprint density at radius 1 is 1.03 bits per heavy atom. The van der Waals surface area contributed by atoms with E-state index in [1.54, 1.807) is 7.11 Å². The van der Waals surface area contributed by atoms with Crippen LogP contribution in [-0.4, -0.2) is 56.5 Å². The minimum atomic E-state index is 0.0295. The monoisotopic (exact) mass is 410 g/mol. The van der Waals surface area contributed by atoms with Crippen molar-refractivity contribution in [3.8, 4) is 5.75 Å². The Hall–Kier alpha value is -2.86. The average molecular weight is 411 g/mol. The molecule has 0 atom stereocenters. The van der Waals surface area contributed by atoms with Gasteiger partial charge in [0, 0.05) is 12.1 Å². The highest BCUT2D eigenvalue weighted by atomic mass is 16.5. The van der Waals surface area contributed by atoms with E-state index in [1.165, 1.54) is 4.90 Å². The molecular formula is C24H32N3O3+. The number of amides is 2. The predicted octanol–water partition coefficient (Wildman–Crippen LogP) is 1.56. The van der Waals surface area contributed by atoms with Crippen LogP contribution in [0.4, 0.5) is 5.69 Å². The van der Waals surface area contributed by atoms with E-state index >= 15 is 0 Å². The van der Waals surface area contributed by atoms with Gasteiger partial charge in [-0.05, 0) is 36.1 Å². The van der Waals surface area contributed by atoms with Gasteiger partial charge in [-0.1, -0.05) is 43.3 Å². The predicted molar refractivity (Wildman–Crippen MR) is 118 cm³/mol. The van der Waals surface area contributed by atoms with Crippen LogP contribution in [0.3, 0.4) is 0 Å². The van der Waals surface area contributed by atoms with Gasteiger partial charge in [-0.25, -0.2) is 0 Å². The standard InChI is InChI=1S/C24H31N3O3/c1-3-19-8-4-6-10-21(19)25-23(28)18-26-14-16-27(17-15-26)24(29)13-12-20-9-5-7-11-22(20)30-2/h4-11H,3,12-18H2,1-2H3,(H,25,28)/p+1. The Morgan fingerprint density at radius 3 is 2.40 bits per heavy atom. The van der Waals surface area contributed by atoms with Gasteiger partial charge in [0.25, 0.3) is 5.91 Å². The fraction of sp³-hybridized carbons (Fsp3) is 0.417. The lowest BCUT2D eigenvalue weighted by molar-refractivity contribution is -0.895. The quantitative estimate of drug-likeness (QED) is 0.694. The molecule has 30 heavy (non-hydrogen) atoms. The van der Waals surface area contributed by atoms with E-state index in [4.69, 9.17) is 4.74 Å². The molecule has 0 unspecified atom stereocenters. The number of para-hydroxylation sites is 2. The molecule has 1 heterocycles. The molecule has 2 amide bonds. The van der Waals surface area contributed by atoms with Crippen molar-refractivity contribution >= 4 is 17.5 Å². The van der Waals surface area contributed by atoms with E-state index in [1.807, 2.05) is 53.4 Å². The van der Waals surface area contributed by atoms with Gasteiger partial charge in [-0.15, -0.1) is 0 Å². The summed E-state index contributed by atoms with van der Waals surface area (Å²) in [6.45, 7) is 5.49. The maximum atomic E-state index is 12.6. The summed E-state index contributed by atoms with van der Waals surface area (Å²) in [6.07, 6.45) is 2.04. The van der Waals surface area contributed by atoms with Crippen LogP contribution in [0.2, 0.25) is 0 Å². The number of anilines is 1. The molecule has 0 aromatic heterocycles. The highest BCUT2D eigenvalue weighted by molar-refractivity contribution is 5.92. The third-order valence-electron chi connectivity index (χ3n) is 5.71. The van der Waals surface area contributed by atoms with Crippen LogP contribution >= 0.6 is 0 Å². The summed E-state index contributed by atoms with van der Waals surface area (Å²) in [7, 11) is 1.65. The molecule has 2 aromatic rings. The molecule has 0 bridgehead atoms. The molecule has 6 heteroatoms. The minimum absolute atomic E-state index is 0.0295. The second-order valence-electron chi connectivity index (χ2n) is 7.68. The number of nitrogens with one attached hydrogen (secondary N) is 2. The van der Waals surface area contributed by atoms with Crippen molar-refractivity contribution in [2.24, 2.45) is 0 Å². The number of ether oxygens (including phenoxy) is 1. The molecule has 1 aliphatic rings. The lowest BCUT2D eigenvalue weighted by Crippen LogP contribution is -3.15. The van der Waals surface area contributed by atoms with E-state index in [0.29, 0.717) is 32.5 Å². The summed E-state index contributed by atoms with van der Waals surface area (Å²) in [5.41, 5.74) is 3.10. The first-order valence-corrected chi connectivity index (χ1v) is 10.7. The van der Waals surface area contributed by atoms with Gasteiger partial charge in [0.05, 0.1) is 33.3 Å². The Balaban J connectivity index is 1.43. The number of benzene rings is 2. The fourth-order valence-electron chi connectivity index (χ4n) is 3.93. The lowest BCUT2D eigenvalue weighted by Gasteiger charge is -2.32. The number of hydrogen-bond donors (Lipinski definition) is 2. The van der Waals surface area contributed by atoms with Crippen LogP contribution in [0.5, 0.6) is 5.75 Å². The van der Waals surface area contributed by atoms with Crippen LogP contribution in [0, 0.1) is 0 Å². The fourth-order valence-corrected chi connectivity index (χ4v) is 3.93. The Bertz CT molecular complexity index is 860. The molecule has 0 spiro atoms. The van der Waals surface area contributed by atoms with Gasteiger partial charge in [0.1, 0.15) is 5.75 Å². The van der Waals surface area contributed by atoms with Crippen LogP contribution in [0.15, 0.2) is 48.5 Å². The third kappa shape index (κ3) is 5.83. The molecule has 6 nitrogen and oxygen atoms in total. The van der Waals surface area contributed by atoms with Gasteiger partial charge in [0.2, 0.25) is 5.91 Å². The summed E-state index contributed by atoms with van der Waals surface area (Å²) in [4.78, 5) is 28.2. The van der Waals surface area contributed by atoms with Crippen molar-refractivity contribution in [1.82, 2.24) is 4.90 Å². The zero-order chi connectivity index (χ0) is 21.3. The molecule has 1 saturated heterocycles. The number of carbonyl (C=O) groups is 2. The number of carbonyl (C=O) groups excluding carboxylic acids is 2. The topological polar surface area (TPSA) is 63.1 Å². The van der Waals surface area contributed by atoms with Crippen LogP contribution in [0.1, 0.15) is 24.5 Å². The minimum Gasteiger partial charge on any atom is -0.496 e. The molecule has 0 aliphatic carbocycles. The van der Waals surface area contributed by atoms with Crippen molar-refractivity contribution in [1.29, 1.82) is 0 Å². The first-order valence-electron chi connectivity index (χ1n) is 10.7. The van der Waals surface area contributed by atoms with Crippen LogP contribution < -0.4 is 15.0 Å². The Morgan fingerprint density at radius 2 is 1.70 bits per heavy atom. The van der Waals surface area contributed by atoms with Gasteiger partial charge in [-0.2, -0.15) is 0 Å². The zero-order valence-corrected chi connectivity index (χ0v) is 17.9. The van der Waals surface area contributed by atoms with Crippen molar-refractivity contribution in [3.05, 3.63) is 59.7 Å². The number of methoxy groups -OCH3 is 1. The maximum absolute atomic E-state index is 12.6. The van der Waals surface area contributed by atoms with Crippen molar-refractivity contribution in [2.45, 2.75) is 26.2 Å². The molecule has 0 radical (unpaired) electrons. The van der Waals surface area contributed by atoms with Gasteiger partial charge in [0.15, 0.2) is 6.54 Å². The second-order valence-corrected chi connectivity index (χ2v) is 7.68. The average Bonchev–Trinajstić information content (AvgIpc) is 2.78. The van der Waals surface area contributed by atoms with Gasteiger partial charge in [-0.3, -0.25) is 9.59 Å². The Labute approximate surface area is 178 Å².